The third-order valence-electron chi connectivity index (χ3n) is 3.07. The Labute approximate surface area is 118 Å². The molecule has 0 aliphatic rings. The smallest absolute Gasteiger partial charge is 0.124 e. The van der Waals surface area contributed by atoms with Crippen molar-refractivity contribution in [2.24, 2.45) is 0 Å². The standard InChI is InChI=1S/C16H20FNO2/c1-3-7-18-10-16-13(6-8-19-16)11-20-15-5-4-14(17)9-12(15)2/h4-6,8-9,18H,3,7,10-11H2,1-2H3. The molecule has 0 unspecified atom stereocenters. The van der Waals surface area contributed by atoms with E-state index in [4.69, 9.17) is 9.15 Å². The molecule has 1 heterocycles. The molecule has 108 valence electrons. The van der Waals surface area contributed by atoms with Crippen molar-refractivity contribution < 1.29 is 13.5 Å². The van der Waals surface area contributed by atoms with Crippen LogP contribution in [-0.4, -0.2) is 6.54 Å². The fourth-order valence-corrected chi connectivity index (χ4v) is 1.96. The normalized spacial score (nSPS) is 10.8. The average molecular weight is 277 g/mol. The largest absolute Gasteiger partial charge is 0.488 e. The van der Waals surface area contributed by atoms with Gasteiger partial charge in [-0.3, -0.25) is 0 Å². The maximum absolute atomic E-state index is 13.0. The maximum Gasteiger partial charge on any atom is 0.124 e. The highest BCUT2D eigenvalue weighted by Crippen LogP contribution is 2.21. The van der Waals surface area contributed by atoms with Crippen LogP contribution in [0.1, 0.15) is 30.2 Å². The van der Waals surface area contributed by atoms with Crippen molar-refractivity contribution in [2.45, 2.75) is 33.4 Å². The zero-order valence-corrected chi connectivity index (χ0v) is 11.9. The van der Waals surface area contributed by atoms with Crippen LogP contribution in [0.25, 0.3) is 0 Å². The number of hydrogen-bond donors (Lipinski definition) is 1. The first kappa shape index (κ1) is 14.6. The van der Waals surface area contributed by atoms with Gasteiger partial charge in [0.15, 0.2) is 0 Å². The van der Waals surface area contributed by atoms with Gasteiger partial charge >= 0.3 is 0 Å². The van der Waals surface area contributed by atoms with E-state index in [0.717, 1.165) is 29.9 Å². The van der Waals surface area contributed by atoms with Crippen LogP contribution < -0.4 is 10.1 Å². The first-order valence-corrected chi connectivity index (χ1v) is 6.85. The Balaban J connectivity index is 1.95. The molecule has 0 amide bonds. The third-order valence-corrected chi connectivity index (χ3v) is 3.07. The Morgan fingerprint density at radius 3 is 2.90 bits per heavy atom. The Hall–Kier alpha value is -1.81. The summed E-state index contributed by atoms with van der Waals surface area (Å²) >= 11 is 0. The molecule has 0 aliphatic heterocycles. The number of rotatable bonds is 7. The molecule has 0 saturated heterocycles. The van der Waals surface area contributed by atoms with E-state index < -0.39 is 0 Å². The Morgan fingerprint density at radius 1 is 1.30 bits per heavy atom. The second-order valence-electron chi connectivity index (χ2n) is 4.74. The van der Waals surface area contributed by atoms with Crippen LogP contribution in [0.3, 0.4) is 0 Å². The van der Waals surface area contributed by atoms with Crippen LogP contribution in [0.4, 0.5) is 4.39 Å². The van der Waals surface area contributed by atoms with E-state index in [0.29, 0.717) is 18.9 Å². The second-order valence-corrected chi connectivity index (χ2v) is 4.74. The second kappa shape index (κ2) is 7.10. The SMILES string of the molecule is CCCNCc1occc1COc1ccc(F)cc1C. The fourth-order valence-electron chi connectivity index (χ4n) is 1.96. The van der Waals surface area contributed by atoms with E-state index in [-0.39, 0.29) is 5.82 Å². The van der Waals surface area contributed by atoms with Crippen LogP contribution in [-0.2, 0) is 13.2 Å². The van der Waals surface area contributed by atoms with Gasteiger partial charge in [-0.2, -0.15) is 0 Å². The minimum atomic E-state index is -0.248. The molecule has 0 fully saturated rings. The molecular formula is C16H20FNO2. The summed E-state index contributed by atoms with van der Waals surface area (Å²) in [5.74, 6) is 1.33. The van der Waals surface area contributed by atoms with Gasteiger partial charge in [-0.1, -0.05) is 6.92 Å². The van der Waals surface area contributed by atoms with Crippen molar-refractivity contribution in [1.29, 1.82) is 0 Å². The molecule has 0 bridgehead atoms. The predicted octanol–water partition coefficient (Wildman–Crippen LogP) is 3.81. The molecule has 4 heteroatoms. The molecule has 1 aromatic carbocycles. The molecule has 2 rings (SSSR count). The first-order chi connectivity index (χ1) is 9.70. The lowest BCUT2D eigenvalue weighted by molar-refractivity contribution is 0.299. The first-order valence-electron chi connectivity index (χ1n) is 6.85. The van der Waals surface area contributed by atoms with E-state index in [2.05, 4.69) is 12.2 Å². The van der Waals surface area contributed by atoms with E-state index in [1.54, 1.807) is 12.3 Å². The van der Waals surface area contributed by atoms with Crippen LogP contribution in [0.15, 0.2) is 34.9 Å². The fraction of sp³-hybridized carbons (Fsp3) is 0.375. The van der Waals surface area contributed by atoms with E-state index in [1.807, 2.05) is 13.0 Å². The summed E-state index contributed by atoms with van der Waals surface area (Å²) in [4.78, 5) is 0. The van der Waals surface area contributed by atoms with Crippen molar-refractivity contribution in [3.05, 3.63) is 53.2 Å². The highest BCUT2D eigenvalue weighted by Gasteiger charge is 2.08. The van der Waals surface area contributed by atoms with E-state index in [9.17, 15) is 4.39 Å². The molecule has 0 aliphatic carbocycles. The van der Waals surface area contributed by atoms with Crippen LogP contribution in [0.2, 0.25) is 0 Å². The summed E-state index contributed by atoms with van der Waals surface area (Å²) in [6.07, 6.45) is 2.75. The predicted molar refractivity (Wildman–Crippen MR) is 76.2 cm³/mol. The molecule has 20 heavy (non-hydrogen) atoms. The van der Waals surface area contributed by atoms with Gasteiger partial charge in [-0.15, -0.1) is 0 Å². The molecule has 2 aromatic rings. The highest BCUT2D eigenvalue weighted by molar-refractivity contribution is 5.33. The Morgan fingerprint density at radius 2 is 2.15 bits per heavy atom. The lowest BCUT2D eigenvalue weighted by Gasteiger charge is -2.09. The Bertz CT molecular complexity index is 551. The van der Waals surface area contributed by atoms with E-state index >= 15 is 0 Å². The van der Waals surface area contributed by atoms with Gasteiger partial charge in [0.05, 0.1) is 12.8 Å². The molecule has 3 nitrogen and oxygen atoms in total. The lowest BCUT2D eigenvalue weighted by Crippen LogP contribution is -2.14. The molecule has 0 atom stereocenters. The topological polar surface area (TPSA) is 34.4 Å². The number of furan rings is 1. The number of nitrogens with one attached hydrogen (secondary N) is 1. The van der Waals surface area contributed by atoms with Crippen LogP contribution in [0, 0.1) is 12.7 Å². The number of ether oxygens (including phenoxy) is 1. The minimum absolute atomic E-state index is 0.248. The van der Waals surface area contributed by atoms with Crippen LogP contribution >= 0.6 is 0 Å². The third kappa shape index (κ3) is 3.84. The Kier molecular flexibility index (Phi) is 5.18. The number of benzene rings is 1. The molecule has 1 aromatic heterocycles. The summed E-state index contributed by atoms with van der Waals surface area (Å²) in [6.45, 7) is 6.03. The molecule has 0 radical (unpaired) electrons. The summed E-state index contributed by atoms with van der Waals surface area (Å²) in [7, 11) is 0. The van der Waals surface area contributed by atoms with Gasteiger partial charge in [0.2, 0.25) is 0 Å². The van der Waals surface area contributed by atoms with Gasteiger partial charge in [0.1, 0.15) is 23.9 Å². The summed E-state index contributed by atoms with van der Waals surface area (Å²) in [6, 6.07) is 6.43. The lowest BCUT2D eigenvalue weighted by atomic mass is 10.2. The maximum atomic E-state index is 13.0. The zero-order valence-electron chi connectivity index (χ0n) is 11.9. The van der Waals surface area contributed by atoms with Crippen LogP contribution in [0.5, 0.6) is 5.75 Å². The monoisotopic (exact) mass is 277 g/mol. The summed E-state index contributed by atoms with van der Waals surface area (Å²) in [5.41, 5.74) is 1.80. The molecule has 1 N–H and O–H groups in total. The van der Waals surface area contributed by atoms with Crippen molar-refractivity contribution in [3.63, 3.8) is 0 Å². The zero-order chi connectivity index (χ0) is 14.4. The number of aryl methyl sites for hydroxylation is 1. The molecular weight excluding hydrogens is 257 g/mol. The van der Waals surface area contributed by atoms with E-state index in [1.165, 1.54) is 12.1 Å². The van der Waals surface area contributed by atoms with Crippen molar-refractivity contribution in [1.82, 2.24) is 5.32 Å². The van der Waals surface area contributed by atoms with Gasteiger partial charge in [-0.05, 0) is 49.7 Å². The van der Waals surface area contributed by atoms with Crippen molar-refractivity contribution in [2.75, 3.05) is 6.54 Å². The van der Waals surface area contributed by atoms with Gasteiger partial charge in [0.25, 0.3) is 0 Å². The number of hydrogen-bond acceptors (Lipinski definition) is 3. The van der Waals surface area contributed by atoms with Gasteiger partial charge in [-0.25, -0.2) is 4.39 Å². The van der Waals surface area contributed by atoms with Gasteiger partial charge in [0, 0.05) is 5.56 Å². The molecule has 0 spiro atoms. The van der Waals surface area contributed by atoms with Crippen molar-refractivity contribution in [3.8, 4) is 5.75 Å². The minimum Gasteiger partial charge on any atom is -0.488 e. The van der Waals surface area contributed by atoms with Gasteiger partial charge < -0.3 is 14.5 Å². The quantitative estimate of drug-likeness (QED) is 0.782. The van der Waals surface area contributed by atoms with Crippen molar-refractivity contribution >= 4 is 0 Å². The average Bonchev–Trinajstić information content (AvgIpc) is 2.86. The highest BCUT2D eigenvalue weighted by atomic mass is 19.1. The number of halogens is 1. The molecule has 0 saturated carbocycles. The summed E-state index contributed by atoms with van der Waals surface area (Å²) in [5, 5.41) is 3.30. The summed E-state index contributed by atoms with van der Waals surface area (Å²) < 4.78 is 24.2.